The zero-order chi connectivity index (χ0) is 21.1. The van der Waals surface area contributed by atoms with Crippen LogP contribution in [0.15, 0.2) is 42.6 Å². The second-order valence-corrected chi connectivity index (χ2v) is 9.43. The minimum atomic E-state index is 0.0462. The second kappa shape index (κ2) is 6.58. The highest BCUT2D eigenvalue weighted by Gasteiger charge is 2.54. The zero-order valence-corrected chi connectivity index (χ0v) is 19.4. The minimum Gasteiger partial charge on any atom is -0.124 e. The van der Waals surface area contributed by atoms with Crippen LogP contribution in [0, 0.1) is 20.8 Å². The molecule has 4 rings (SSSR count). The van der Waals surface area contributed by atoms with Gasteiger partial charge in [0.15, 0.2) is 7.05 Å². The van der Waals surface area contributed by atoms with E-state index in [1.807, 2.05) is 0 Å². The summed E-state index contributed by atoms with van der Waals surface area (Å²) >= 11 is 0. The Morgan fingerprint density at radius 3 is 2.00 bits per heavy atom. The molecule has 152 valence electrons. The third-order valence-electron chi connectivity index (χ3n) is 7.83. The van der Waals surface area contributed by atoms with Crippen molar-refractivity contribution in [3.63, 3.8) is 0 Å². The first-order valence-corrected chi connectivity index (χ1v) is 11.0. The molecule has 3 aromatic rings. The molecule has 1 aromatic heterocycles. The topological polar surface area (TPSA) is 8.81 Å². The van der Waals surface area contributed by atoms with Crippen molar-refractivity contribution in [2.24, 2.45) is 7.05 Å². The van der Waals surface area contributed by atoms with Crippen LogP contribution in [0.3, 0.4) is 0 Å². The van der Waals surface area contributed by atoms with E-state index < -0.39 is 0 Å². The summed E-state index contributed by atoms with van der Waals surface area (Å²) in [7, 11) is 2.20. The zero-order valence-electron chi connectivity index (χ0n) is 19.4. The number of hydrogen-bond acceptors (Lipinski definition) is 0. The maximum atomic E-state index is 2.52. The van der Waals surface area contributed by atoms with Crippen molar-refractivity contribution in [3.05, 3.63) is 70.5 Å². The summed E-state index contributed by atoms with van der Waals surface area (Å²) in [5.41, 5.74) is 11.3. The van der Waals surface area contributed by atoms with Gasteiger partial charge in [-0.2, -0.15) is 0 Å². The van der Waals surface area contributed by atoms with Gasteiger partial charge in [-0.3, -0.25) is 0 Å². The predicted molar refractivity (Wildman–Crippen MR) is 122 cm³/mol. The molecule has 0 fully saturated rings. The first kappa shape index (κ1) is 19.9. The molecule has 0 amide bonds. The van der Waals surface area contributed by atoms with E-state index in [1.165, 1.54) is 44.8 Å². The quantitative estimate of drug-likeness (QED) is 0.470. The lowest BCUT2D eigenvalue weighted by molar-refractivity contribution is -0.745. The van der Waals surface area contributed by atoms with Crippen molar-refractivity contribution >= 4 is 0 Å². The van der Waals surface area contributed by atoms with Crippen molar-refractivity contribution in [2.75, 3.05) is 0 Å². The van der Waals surface area contributed by atoms with Gasteiger partial charge in [-0.05, 0) is 61.4 Å². The standard InChI is InChI=1S/C27H35N2/c1-9-27(10-2)25-21(23-18(3)13-11-14-19(23)4)17-28(8)29(25)24-20(5)15-12-16-22(24)26(27,6)7/h11-17H,9-10H2,1-8H3/q+1. The van der Waals surface area contributed by atoms with E-state index >= 15 is 0 Å². The number of nitrogens with zero attached hydrogens (tertiary/aromatic N) is 2. The summed E-state index contributed by atoms with van der Waals surface area (Å²) in [6.07, 6.45) is 4.60. The normalized spacial score (nSPS) is 16.4. The highest BCUT2D eigenvalue weighted by atomic mass is 15.4. The largest absolute Gasteiger partial charge is 0.203 e. The molecule has 2 aromatic carbocycles. The second-order valence-electron chi connectivity index (χ2n) is 9.43. The monoisotopic (exact) mass is 387 g/mol. The van der Waals surface area contributed by atoms with Gasteiger partial charge < -0.3 is 0 Å². The Bertz CT molecular complexity index is 1070. The van der Waals surface area contributed by atoms with Crippen LogP contribution in [0.5, 0.6) is 0 Å². The molecule has 2 heteroatoms. The molecule has 2 heterocycles. The van der Waals surface area contributed by atoms with Crippen LogP contribution in [-0.2, 0) is 17.9 Å². The van der Waals surface area contributed by atoms with Crippen LogP contribution in [0.1, 0.15) is 68.5 Å². The molecule has 0 aliphatic carbocycles. The van der Waals surface area contributed by atoms with Gasteiger partial charge >= 0.3 is 0 Å². The molecule has 0 spiro atoms. The highest BCUT2D eigenvalue weighted by Crippen LogP contribution is 2.56. The average Bonchev–Trinajstić information content (AvgIpc) is 3.00. The summed E-state index contributed by atoms with van der Waals surface area (Å²) in [6, 6.07) is 13.5. The number of hydrogen-bond donors (Lipinski definition) is 0. The molecule has 0 bridgehead atoms. The van der Waals surface area contributed by atoms with Crippen LogP contribution >= 0.6 is 0 Å². The summed E-state index contributed by atoms with van der Waals surface area (Å²) < 4.78 is 4.84. The molecule has 0 N–H and O–H groups in total. The van der Waals surface area contributed by atoms with E-state index in [4.69, 9.17) is 0 Å². The lowest BCUT2D eigenvalue weighted by Gasteiger charge is -2.50. The fourth-order valence-corrected chi connectivity index (χ4v) is 6.20. The van der Waals surface area contributed by atoms with E-state index in [2.05, 4.69) is 107 Å². The number of aromatic nitrogens is 2. The first-order chi connectivity index (χ1) is 13.7. The van der Waals surface area contributed by atoms with E-state index in [9.17, 15) is 0 Å². The molecule has 0 unspecified atom stereocenters. The summed E-state index contributed by atoms with van der Waals surface area (Å²) in [4.78, 5) is 0. The Morgan fingerprint density at radius 1 is 0.862 bits per heavy atom. The van der Waals surface area contributed by atoms with Crippen LogP contribution in [-0.4, -0.2) is 4.68 Å². The third kappa shape index (κ3) is 2.44. The van der Waals surface area contributed by atoms with Gasteiger partial charge in [0.25, 0.3) is 0 Å². The Morgan fingerprint density at radius 2 is 1.41 bits per heavy atom. The first-order valence-electron chi connectivity index (χ1n) is 11.0. The van der Waals surface area contributed by atoms with Crippen LogP contribution in [0.25, 0.3) is 16.8 Å². The molecule has 0 saturated carbocycles. The van der Waals surface area contributed by atoms with E-state index in [0.717, 1.165) is 12.8 Å². The van der Waals surface area contributed by atoms with Gasteiger partial charge in [-0.1, -0.05) is 64.1 Å². The summed E-state index contributed by atoms with van der Waals surface area (Å²) in [5.74, 6) is 0. The van der Waals surface area contributed by atoms with E-state index in [1.54, 1.807) is 0 Å². The fraction of sp³-hybridized carbons (Fsp3) is 0.444. The smallest absolute Gasteiger partial charge is 0.124 e. The SMILES string of the molecule is CCC1(CC)c2c(-c3c(C)cccc3C)c[n+](C)n2-c2c(C)cccc2C1(C)C. The molecule has 0 atom stereocenters. The molecule has 1 aliphatic heterocycles. The van der Waals surface area contributed by atoms with E-state index in [-0.39, 0.29) is 10.8 Å². The van der Waals surface area contributed by atoms with Gasteiger partial charge in [0.05, 0.1) is 5.56 Å². The van der Waals surface area contributed by atoms with Crippen LogP contribution in [0.2, 0.25) is 0 Å². The van der Waals surface area contributed by atoms with Crippen molar-refractivity contribution in [2.45, 2.75) is 72.1 Å². The van der Waals surface area contributed by atoms with Crippen molar-refractivity contribution in [1.82, 2.24) is 4.68 Å². The van der Waals surface area contributed by atoms with Crippen molar-refractivity contribution in [1.29, 1.82) is 0 Å². The Hall–Kier alpha value is -2.35. The number of fused-ring (bicyclic) bond motifs is 3. The predicted octanol–water partition coefficient (Wildman–Crippen LogP) is 6.24. The van der Waals surface area contributed by atoms with Gasteiger partial charge in [0.2, 0.25) is 6.20 Å². The lowest BCUT2D eigenvalue weighted by atomic mass is 9.55. The number of benzene rings is 2. The molecule has 2 nitrogen and oxygen atoms in total. The summed E-state index contributed by atoms with van der Waals surface area (Å²) in [6.45, 7) is 16.4. The van der Waals surface area contributed by atoms with Gasteiger partial charge in [-0.15, -0.1) is 9.36 Å². The van der Waals surface area contributed by atoms with E-state index in [0.29, 0.717) is 0 Å². The van der Waals surface area contributed by atoms with Gasteiger partial charge in [-0.25, -0.2) is 0 Å². The Kier molecular flexibility index (Phi) is 4.53. The Balaban J connectivity index is 2.23. The molecule has 0 radical (unpaired) electrons. The van der Waals surface area contributed by atoms with Crippen LogP contribution in [0.4, 0.5) is 0 Å². The van der Waals surface area contributed by atoms with Crippen molar-refractivity contribution in [3.8, 4) is 16.8 Å². The molecule has 29 heavy (non-hydrogen) atoms. The van der Waals surface area contributed by atoms with Gasteiger partial charge in [0.1, 0.15) is 11.4 Å². The Labute approximate surface area is 176 Å². The maximum Gasteiger partial charge on any atom is 0.203 e. The fourth-order valence-electron chi connectivity index (χ4n) is 6.20. The highest BCUT2D eigenvalue weighted by molar-refractivity contribution is 5.75. The molecule has 1 aliphatic rings. The summed E-state index contributed by atoms with van der Waals surface area (Å²) in [5, 5.41) is 0. The minimum absolute atomic E-state index is 0.0462. The molecular formula is C27H35N2+. The maximum absolute atomic E-state index is 2.52. The number of aryl methyl sites for hydroxylation is 4. The number of rotatable bonds is 3. The van der Waals surface area contributed by atoms with Crippen molar-refractivity contribution < 1.29 is 4.68 Å². The third-order valence-corrected chi connectivity index (χ3v) is 7.83. The molecular weight excluding hydrogens is 352 g/mol. The lowest BCUT2D eigenvalue weighted by Crippen LogP contribution is -2.53. The van der Waals surface area contributed by atoms with Crippen LogP contribution < -0.4 is 4.68 Å². The molecule has 0 saturated heterocycles. The number of para-hydroxylation sites is 1. The average molecular weight is 388 g/mol. The van der Waals surface area contributed by atoms with Gasteiger partial charge in [0, 0.05) is 10.8 Å².